The molecule has 1 saturated carbocycles. The van der Waals surface area contributed by atoms with Crippen molar-refractivity contribution in [3.05, 3.63) is 88.5 Å². The molecule has 7 nitrogen and oxygen atoms in total. The molecular weight excluding hydrogens is 595 g/mol. The molecule has 0 saturated heterocycles. The van der Waals surface area contributed by atoms with Crippen LogP contribution in [0.3, 0.4) is 0 Å². The SMILES string of the molecule is C#CCOS(=O)OC1CCCCC1Oc1ccc(C(C)(C)C)cc1.Cc1ccc(/N=C/N(C)/C=N/c2ccc(C)cc2C)c(C)c1. The van der Waals surface area contributed by atoms with Crippen LogP contribution in [0.25, 0.3) is 0 Å². The number of ether oxygens (including phenoxy) is 1. The highest BCUT2D eigenvalue weighted by atomic mass is 32.2. The van der Waals surface area contributed by atoms with Crippen molar-refractivity contribution < 1.29 is 17.3 Å². The second kappa shape index (κ2) is 17.8. The number of hydrogen-bond donors (Lipinski definition) is 0. The topological polar surface area (TPSA) is 72.7 Å². The van der Waals surface area contributed by atoms with E-state index in [4.69, 9.17) is 19.5 Å². The fourth-order valence-electron chi connectivity index (χ4n) is 4.96. The van der Waals surface area contributed by atoms with Gasteiger partial charge in [0, 0.05) is 7.05 Å². The monoisotopic (exact) mass is 643 g/mol. The summed E-state index contributed by atoms with van der Waals surface area (Å²) in [6.07, 6.45) is 12.1. The average Bonchev–Trinajstić information content (AvgIpc) is 3.00. The van der Waals surface area contributed by atoms with Gasteiger partial charge in [0.2, 0.25) is 0 Å². The van der Waals surface area contributed by atoms with Crippen molar-refractivity contribution in [3.63, 3.8) is 0 Å². The summed E-state index contributed by atoms with van der Waals surface area (Å²) < 4.78 is 28.2. The maximum Gasteiger partial charge on any atom is 0.305 e. The van der Waals surface area contributed by atoms with E-state index >= 15 is 0 Å². The fourth-order valence-corrected chi connectivity index (χ4v) is 5.61. The van der Waals surface area contributed by atoms with Crippen LogP contribution in [0.2, 0.25) is 0 Å². The Morgan fingerprint density at radius 3 is 1.87 bits per heavy atom. The molecule has 246 valence electrons. The lowest BCUT2D eigenvalue weighted by molar-refractivity contribution is 0.0239. The van der Waals surface area contributed by atoms with E-state index in [2.05, 4.69) is 101 Å². The van der Waals surface area contributed by atoms with Gasteiger partial charge in [0.05, 0.1) is 24.1 Å². The van der Waals surface area contributed by atoms with E-state index in [1.54, 1.807) is 12.7 Å². The van der Waals surface area contributed by atoms with Crippen molar-refractivity contribution in [1.82, 2.24) is 4.90 Å². The van der Waals surface area contributed by atoms with E-state index in [1.165, 1.54) is 27.8 Å². The zero-order valence-electron chi connectivity index (χ0n) is 28.6. The lowest BCUT2D eigenvalue weighted by Gasteiger charge is -2.30. The van der Waals surface area contributed by atoms with Crippen molar-refractivity contribution in [2.24, 2.45) is 9.98 Å². The summed E-state index contributed by atoms with van der Waals surface area (Å²) in [6, 6.07) is 20.6. The highest BCUT2D eigenvalue weighted by Crippen LogP contribution is 2.29. The molecule has 46 heavy (non-hydrogen) atoms. The van der Waals surface area contributed by atoms with Crippen LogP contribution in [0, 0.1) is 40.0 Å². The first-order valence-electron chi connectivity index (χ1n) is 15.7. The Morgan fingerprint density at radius 1 is 0.870 bits per heavy atom. The normalized spacial score (nSPS) is 17.3. The minimum atomic E-state index is -1.83. The molecule has 1 aliphatic rings. The Kier molecular flexibility index (Phi) is 14.2. The summed E-state index contributed by atoms with van der Waals surface area (Å²) in [5.74, 6) is 3.08. The summed E-state index contributed by atoms with van der Waals surface area (Å²) in [7, 11) is 1.93. The van der Waals surface area contributed by atoms with Crippen LogP contribution in [-0.4, -0.2) is 47.6 Å². The van der Waals surface area contributed by atoms with Crippen LogP contribution in [-0.2, 0) is 25.1 Å². The summed E-state index contributed by atoms with van der Waals surface area (Å²) in [5.41, 5.74) is 8.19. The molecule has 0 amide bonds. The summed E-state index contributed by atoms with van der Waals surface area (Å²) in [5, 5.41) is 0. The zero-order chi connectivity index (χ0) is 33.7. The zero-order valence-corrected chi connectivity index (χ0v) is 29.4. The number of hydrogen-bond acceptors (Lipinski definition) is 6. The number of nitrogens with zero attached hydrogens (tertiary/aromatic N) is 3. The minimum absolute atomic E-state index is 0.0287. The molecule has 3 unspecified atom stereocenters. The van der Waals surface area contributed by atoms with Gasteiger partial charge in [-0.1, -0.05) is 80.6 Å². The fraction of sp³-hybridized carbons (Fsp3) is 0.421. The maximum absolute atomic E-state index is 11.7. The van der Waals surface area contributed by atoms with E-state index in [0.29, 0.717) is 0 Å². The van der Waals surface area contributed by atoms with Crippen LogP contribution < -0.4 is 4.74 Å². The van der Waals surface area contributed by atoms with Gasteiger partial charge in [-0.3, -0.25) is 8.37 Å². The average molecular weight is 644 g/mol. The largest absolute Gasteiger partial charge is 0.488 e. The molecule has 0 bridgehead atoms. The molecule has 1 fully saturated rings. The molecule has 1 aliphatic carbocycles. The van der Waals surface area contributed by atoms with Gasteiger partial charge in [0.25, 0.3) is 0 Å². The molecule has 3 atom stereocenters. The molecule has 0 spiro atoms. The second-order valence-electron chi connectivity index (χ2n) is 12.8. The van der Waals surface area contributed by atoms with Gasteiger partial charge in [-0.15, -0.1) is 6.42 Å². The van der Waals surface area contributed by atoms with Crippen LogP contribution >= 0.6 is 0 Å². The Balaban J connectivity index is 0.000000251. The molecule has 0 aromatic heterocycles. The van der Waals surface area contributed by atoms with Crippen LogP contribution in [0.15, 0.2) is 70.6 Å². The standard InChI is InChI=1S/C19H23N3.C19H26O4S/c1-14-6-8-18(16(3)10-14)20-12-22(5)13-21-19-9-7-15(2)11-17(19)4;1-5-14-21-24(20)23-18-9-7-6-8-17(18)22-16-12-10-15(11-13-16)19(2,3)4/h6-13H,1-5H3;1,10-13,17-18H,6-9,14H2,2-4H3/b20-12+,21-13+;. The number of aryl methyl sites for hydroxylation is 4. The van der Waals surface area contributed by atoms with Crippen molar-refractivity contribution in [3.8, 4) is 18.1 Å². The number of aliphatic imine (C=N–C) groups is 2. The lowest BCUT2D eigenvalue weighted by Crippen LogP contribution is -2.37. The maximum atomic E-state index is 11.7. The molecule has 0 aliphatic heterocycles. The van der Waals surface area contributed by atoms with Crippen molar-refractivity contribution in [1.29, 1.82) is 0 Å². The molecule has 0 radical (unpaired) electrons. The van der Waals surface area contributed by atoms with E-state index in [9.17, 15) is 4.21 Å². The summed E-state index contributed by atoms with van der Waals surface area (Å²) in [6.45, 7) is 14.8. The van der Waals surface area contributed by atoms with Crippen LogP contribution in [0.1, 0.15) is 74.3 Å². The van der Waals surface area contributed by atoms with Crippen molar-refractivity contribution in [2.75, 3.05) is 13.7 Å². The van der Waals surface area contributed by atoms with E-state index in [1.807, 2.05) is 36.2 Å². The third-order valence-electron chi connectivity index (χ3n) is 7.55. The second-order valence-corrected chi connectivity index (χ2v) is 13.6. The van der Waals surface area contributed by atoms with E-state index < -0.39 is 11.4 Å². The van der Waals surface area contributed by atoms with Gasteiger partial charge in [-0.2, -0.15) is 4.21 Å². The highest BCUT2D eigenvalue weighted by molar-refractivity contribution is 7.75. The molecule has 3 aromatic rings. The molecule has 4 rings (SSSR count). The highest BCUT2D eigenvalue weighted by Gasteiger charge is 2.30. The quantitative estimate of drug-likeness (QED) is 0.125. The molecule has 0 N–H and O–H groups in total. The predicted molar refractivity (Wildman–Crippen MR) is 192 cm³/mol. The van der Waals surface area contributed by atoms with Crippen molar-refractivity contribution >= 4 is 35.4 Å². The molecule has 0 heterocycles. The molecule has 8 heteroatoms. The van der Waals surface area contributed by atoms with E-state index in [-0.39, 0.29) is 24.2 Å². The number of benzene rings is 3. The van der Waals surface area contributed by atoms with Gasteiger partial charge in [-0.05, 0) is 93.3 Å². The van der Waals surface area contributed by atoms with Crippen molar-refractivity contribution in [2.45, 2.75) is 91.8 Å². The van der Waals surface area contributed by atoms with Gasteiger partial charge in [0.15, 0.2) is 0 Å². The third kappa shape index (κ3) is 12.2. The Morgan fingerprint density at radius 2 is 1.39 bits per heavy atom. The van der Waals surface area contributed by atoms with Gasteiger partial charge in [-0.25, -0.2) is 9.98 Å². The Bertz CT molecular complexity index is 1480. The first-order valence-corrected chi connectivity index (χ1v) is 16.7. The molecule has 3 aromatic carbocycles. The Hall–Kier alpha value is -3.77. The smallest absolute Gasteiger partial charge is 0.305 e. The number of terminal acetylenes is 1. The van der Waals surface area contributed by atoms with Gasteiger partial charge >= 0.3 is 11.4 Å². The molecular formula is C38H49N3O4S. The van der Waals surface area contributed by atoms with Gasteiger partial charge < -0.3 is 9.64 Å². The third-order valence-corrected chi connectivity index (χ3v) is 8.27. The lowest BCUT2D eigenvalue weighted by atomic mass is 9.87. The van der Waals surface area contributed by atoms with Gasteiger partial charge in [0.1, 0.15) is 24.6 Å². The minimum Gasteiger partial charge on any atom is -0.488 e. The first kappa shape index (κ1) is 36.7. The van der Waals surface area contributed by atoms with Crippen LogP contribution in [0.4, 0.5) is 11.4 Å². The van der Waals surface area contributed by atoms with Crippen LogP contribution in [0.5, 0.6) is 5.75 Å². The summed E-state index contributed by atoms with van der Waals surface area (Å²) in [4.78, 5) is 10.9. The Labute approximate surface area is 279 Å². The summed E-state index contributed by atoms with van der Waals surface area (Å²) >= 11 is -1.83. The first-order chi connectivity index (χ1) is 21.8. The number of rotatable bonds is 10. The van der Waals surface area contributed by atoms with E-state index in [0.717, 1.165) is 42.8 Å². The predicted octanol–water partition coefficient (Wildman–Crippen LogP) is 8.79.